The zero-order valence-corrected chi connectivity index (χ0v) is 13.0. The Morgan fingerprint density at radius 1 is 1.61 bits per heavy atom. The lowest BCUT2D eigenvalue weighted by molar-refractivity contribution is 0.201. The molecule has 4 heteroatoms. The minimum atomic E-state index is 0.269. The van der Waals surface area contributed by atoms with Gasteiger partial charge in [0.05, 0.1) is 10.9 Å². The van der Waals surface area contributed by atoms with Crippen molar-refractivity contribution >= 4 is 22.9 Å². The number of piperidine rings is 1. The molecule has 2 atom stereocenters. The zero-order chi connectivity index (χ0) is 13.2. The molecular weight excluding hydrogens is 266 g/mol. The Labute approximate surface area is 119 Å². The third-order valence-corrected chi connectivity index (χ3v) is 5.44. The Morgan fingerprint density at radius 2 is 2.39 bits per heavy atom. The van der Waals surface area contributed by atoms with E-state index in [1.54, 1.807) is 18.4 Å². The molecule has 2 nitrogen and oxygen atoms in total. The number of hydrogen-bond acceptors (Lipinski definition) is 3. The lowest BCUT2D eigenvalue weighted by Crippen LogP contribution is -2.43. The van der Waals surface area contributed by atoms with E-state index in [0.29, 0.717) is 6.04 Å². The molecule has 18 heavy (non-hydrogen) atoms. The van der Waals surface area contributed by atoms with E-state index in [2.05, 4.69) is 25.2 Å². The van der Waals surface area contributed by atoms with Crippen molar-refractivity contribution in [2.24, 2.45) is 0 Å². The molecule has 1 aliphatic rings. The summed E-state index contributed by atoms with van der Waals surface area (Å²) in [6.45, 7) is 6.51. The molecule has 2 rings (SSSR count). The lowest BCUT2D eigenvalue weighted by atomic mass is 9.75. The third kappa shape index (κ3) is 3.08. The molecule has 102 valence electrons. The summed E-state index contributed by atoms with van der Waals surface area (Å²) in [6.07, 6.45) is 3.34. The Kier molecular flexibility index (Phi) is 4.70. The minimum Gasteiger partial charge on any atom is -0.384 e. The first kappa shape index (κ1) is 14.3. The maximum atomic E-state index is 6.22. The molecule has 1 aliphatic heterocycles. The smallest absolute Gasteiger partial charge is 0.0934 e. The van der Waals surface area contributed by atoms with E-state index in [9.17, 15) is 0 Å². The van der Waals surface area contributed by atoms with E-state index in [4.69, 9.17) is 16.3 Å². The number of methoxy groups -OCH3 is 1. The number of hydrogen-bond donors (Lipinski definition) is 1. The van der Waals surface area contributed by atoms with Crippen LogP contribution in [-0.4, -0.2) is 26.3 Å². The molecule has 0 aromatic carbocycles. The van der Waals surface area contributed by atoms with Gasteiger partial charge in [0, 0.05) is 23.4 Å². The quantitative estimate of drug-likeness (QED) is 0.913. The second-order valence-electron chi connectivity index (χ2n) is 5.52. The SMILES string of the molecule is COCCc1cc(Cl)sc1C1(C)CCNC(C)C1. The summed E-state index contributed by atoms with van der Waals surface area (Å²) < 4.78 is 6.11. The molecule has 2 heterocycles. The van der Waals surface area contributed by atoms with Crippen molar-refractivity contribution in [1.82, 2.24) is 5.32 Å². The van der Waals surface area contributed by atoms with Crippen LogP contribution in [0, 0.1) is 0 Å². The highest BCUT2D eigenvalue weighted by atomic mass is 35.5. The summed E-state index contributed by atoms with van der Waals surface area (Å²) in [6, 6.07) is 2.71. The van der Waals surface area contributed by atoms with Gasteiger partial charge in [0.15, 0.2) is 0 Å². The standard InChI is InChI=1S/C14H22ClNOS/c1-10-9-14(2,5-6-16-10)13-11(4-7-17-3)8-12(15)18-13/h8,10,16H,4-7,9H2,1-3H3. The van der Waals surface area contributed by atoms with Gasteiger partial charge in [-0.1, -0.05) is 18.5 Å². The first-order valence-electron chi connectivity index (χ1n) is 6.56. The number of halogens is 1. The molecule has 0 radical (unpaired) electrons. The molecule has 1 fully saturated rings. The van der Waals surface area contributed by atoms with Gasteiger partial charge in [-0.3, -0.25) is 0 Å². The molecular formula is C14H22ClNOS. The second-order valence-corrected chi connectivity index (χ2v) is 7.20. The van der Waals surface area contributed by atoms with Gasteiger partial charge in [-0.25, -0.2) is 0 Å². The molecule has 2 unspecified atom stereocenters. The number of thiophene rings is 1. The summed E-state index contributed by atoms with van der Waals surface area (Å²) in [5.41, 5.74) is 1.65. The number of ether oxygens (including phenoxy) is 1. The van der Waals surface area contributed by atoms with Crippen LogP contribution in [-0.2, 0) is 16.6 Å². The topological polar surface area (TPSA) is 21.3 Å². The van der Waals surface area contributed by atoms with E-state index in [0.717, 1.165) is 23.9 Å². The summed E-state index contributed by atoms with van der Waals surface area (Å²) in [4.78, 5) is 1.47. The average Bonchev–Trinajstić information content (AvgIpc) is 2.68. The Bertz CT molecular complexity index is 406. The normalized spacial score (nSPS) is 28.6. The molecule has 0 amide bonds. The van der Waals surface area contributed by atoms with E-state index >= 15 is 0 Å². The molecule has 0 bridgehead atoms. The maximum absolute atomic E-state index is 6.22. The van der Waals surface area contributed by atoms with Crippen LogP contribution in [0.2, 0.25) is 4.34 Å². The average molecular weight is 288 g/mol. The van der Waals surface area contributed by atoms with Gasteiger partial charge in [0.1, 0.15) is 0 Å². The van der Waals surface area contributed by atoms with Crippen LogP contribution in [0.3, 0.4) is 0 Å². The van der Waals surface area contributed by atoms with Crippen LogP contribution >= 0.6 is 22.9 Å². The molecule has 1 saturated heterocycles. The van der Waals surface area contributed by atoms with Gasteiger partial charge in [-0.05, 0) is 44.4 Å². The maximum Gasteiger partial charge on any atom is 0.0934 e. The Morgan fingerprint density at radius 3 is 3.06 bits per heavy atom. The van der Waals surface area contributed by atoms with Crippen molar-refractivity contribution in [1.29, 1.82) is 0 Å². The van der Waals surface area contributed by atoms with Crippen LogP contribution in [0.25, 0.3) is 0 Å². The van der Waals surface area contributed by atoms with Crippen LogP contribution in [0.5, 0.6) is 0 Å². The van der Waals surface area contributed by atoms with E-state index in [1.165, 1.54) is 23.3 Å². The van der Waals surface area contributed by atoms with Gasteiger partial charge in [-0.2, -0.15) is 0 Å². The van der Waals surface area contributed by atoms with Crippen molar-refractivity contribution in [3.63, 3.8) is 0 Å². The van der Waals surface area contributed by atoms with Crippen LogP contribution in [0.4, 0.5) is 0 Å². The highest BCUT2D eigenvalue weighted by Gasteiger charge is 2.35. The molecule has 0 spiro atoms. The van der Waals surface area contributed by atoms with Crippen LogP contribution in [0.1, 0.15) is 37.1 Å². The molecule has 0 saturated carbocycles. The fourth-order valence-corrected chi connectivity index (χ4v) is 4.44. The highest BCUT2D eigenvalue weighted by molar-refractivity contribution is 7.16. The Balaban J connectivity index is 2.25. The number of nitrogens with one attached hydrogen (secondary N) is 1. The van der Waals surface area contributed by atoms with Crippen molar-refractivity contribution in [3.05, 3.63) is 20.8 Å². The number of rotatable bonds is 4. The largest absolute Gasteiger partial charge is 0.384 e. The molecule has 0 aliphatic carbocycles. The summed E-state index contributed by atoms with van der Waals surface area (Å²) in [5.74, 6) is 0. The van der Waals surface area contributed by atoms with Crippen molar-refractivity contribution < 1.29 is 4.74 Å². The van der Waals surface area contributed by atoms with Crippen LogP contribution in [0.15, 0.2) is 6.07 Å². The van der Waals surface area contributed by atoms with Crippen molar-refractivity contribution in [2.45, 2.75) is 44.6 Å². The molecule has 1 aromatic rings. The minimum absolute atomic E-state index is 0.269. The lowest BCUT2D eigenvalue weighted by Gasteiger charge is -2.38. The van der Waals surface area contributed by atoms with Gasteiger partial charge < -0.3 is 10.1 Å². The van der Waals surface area contributed by atoms with Crippen LogP contribution < -0.4 is 5.32 Å². The fraction of sp³-hybridized carbons (Fsp3) is 0.714. The first-order chi connectivity index (χ1) is 8.55. The Hall–Kier alpha value is -0.0900. The zero-order valence-electron chi connectivity index (χ0n) is 11.4. The van der Waals surface area contributed by atoms with E-state index < -0.39 is 0 Å². The van der Waals surface area contributed by atoms with Crippen molar-refractivity contribution in [3.8, 4) is 0 Å². The molecule has 1 N–H and O–H groups in total. The summed E-state index contributed by atoms with van der Waals surface area (Å²) in [5, 5.41) is 3.52. The van der Waals surface area contributed by atoms with Crippen molar-refractivity contribution in [2.75, 3.05) is 20.3 Å². The predicted octanol–water partition coefficient (Wildman–Crippen LogP) is 3.62. The second kappa shape index (κ2) is 5.91. The summed E-state index contributed by atoms with van der Waals surface area (Å²) in [7, 11) is 1.75. The van der Waals surface area contributed by atoms with Gasteiger partial charge >= 0.3 is 0 Å². The van der Waals surface area contributed by atoms with Gasteiger partial charge in [0.2, 0.25) is 0 Å². The fourth-order valence-electron chi connectivity index (χ4n) is 2.95. The van der Waals surface area contributed by atoms with Gasteiger partial charge in [-0.15, -0.1) is 11.3 Å². The third-order valence-electron chi connectivity index (χ3n) is 3.83. The van der Waals surface area contributed by atoms with E-state index in [-0.39, 0.29) is 5.41 Å². The van der Waals surface area contributed by atoms with Gasteiger partial charge in [0.25, 0.3) is 0 Å². The summed E-state index contributed by atoms with van der Waals surface area (Å²) >= 11 is 7.98. The monoisotopic (exact) mass is 287 g/mol. The van der Waals surface area contributed by atoms with E-state index in [1.807, 2.05) is 0 Å². The highest BCUT2D eigenvalue weighted by Crippen LogP contribution is 2.42. The first-order valence-corrected chi connectivity index (χ1v) is 7.75. The molecule has 1 aromatic heterocycles. The predicted molar refractivity (Wildman–Crippen MR) is 79.0 cm³/mol.